The molecule has 0 amide bonds. The molecule has 2 aromatic rings. The lowest BCUT2D eigenvalue weighted by Crippen LogP contribution is -2.24. The van der Waals surface area contributed by atoms with Crippen molar-refractivity contribution in [2.24, 2.45) is 10.8 Å². The first kappa shape index (κ1) is 15.8. The van der Waals surface area contributed by atoms with E-state index in [1.54, 1.807) is 22.9 Å². The van der Waals surface area contributed by atoms with Crippen molar-refractivity contribution < 1.29 is 17.9 Å². The van der Waals surface area contributed by atoms with E-state index in [0.29, 0.717) is 11.4 Å². The summed E-state index contributed by atoms with van der Waals surface area (Å²) in [6, 6.07) is 9.00. The molecule has 0 aliphatic heterocycles. The Morgan fingerprint density at radius 2 is 1.95 bits per heavy atom. The maximum absolute atomic E-state index is 12.1. The van der Waals surface area contributed by atoms with Crippen molar-refractivity contribution >= 4 is 23.5 Å². The molecule has 0 saturated heterocycles. The normalized spacial score (nSPS) is 11.6. The van der Waals surface area contributed by atoms with Crippen LogP contribution in [0.4, 0.5) is 13.2 Å². The van der Waals surface area contributed by atoms with E-state index in [1.807, 2.05) is 0 Å². The highest BCUT2D eigenvalue weighted by atomic mass is 32.1. The van der Waals surface area contributed by atoms with Crippen LogP contribution in [-0.4, -0.2) is 22.3 Å². The van der Waals surface area contributed by atoms with Crippen LogP contribution in [0.2, 0.25) is 0 Å². The summed E-state index contributed by atoms with van der Waals surface area (Å²) in [7, 11) is 0. The number of thiocarbonyl (C=S) groups is 1. The third kappa shape index (κ3) is 4.48. The second-order valence-corrected chi connectivity index (χ2v) is 4.52. The second kappa shape index (κ2) is 6.48. The third-order valence-electron chi connectivity index (χ3n) is 2.50. The minimum Gasteiger partial charge on any atom is -0.406 e. The molecule has 3 N–H and O–H groups in total. The van der Waals surface area contributed by atoms with Gasteiger partial charge in [0.2, 0.25) is 0 Å². The zero-order chi connectivity index (χ0) is 16.2. The van der Waals surface area contributed by atoms with Gasteiger partial charge < -0.3 is 15.0 Å². The van der Waals surface area contributed by atoms with Gasteiger partial charge in [0, 0.05) is 11.9 Å². The topological polar surface area (TPSA) is 64.6 Å². The molecule has 1 aromatic carbocycles. The molecular formula is C13H11F3N4OS. The Morgan fingerprint density at radius 1 is 1.27 bits per heavy atom. The van der Waals surface area contributed by atoms with Gasteiger partial charge in [-0.25, -0.2) is 0 Å². The Labute approximate surface area is 129 Å². The van der Waals surface area contributed by atoms with E-state index in [9.17, 15) is 13.2 Å². The highest BCUT2D eigenvalue weighted by Crippen LogP contribution is 2.24. The second-order valence-electron chi connectivity index (χ2n) is 4.08. The van der Waals surface area contributed by atoms with Gasteiger partial charge in [-0.15, -0.1) is 13.2 Å². The van der Waals surface area contributed by atoms with Gasteiger partial charge >= 0.3 is 6.36 Å². The molecule has 0 atom stereocenters. The SMILES string of the molecule is NC(=S)NN=Cc1cccn1-c1ccc(OC(F)(F)F)cc1. The monoisotopic (exact) mass is 328 g/mol. The molecule has 5 nitrogen and oxygen atoms in total. The van der Waals surface area contributed by atoms with E-state index in [-0.39, 0.29) is 10.9 Å². The quantitative estimate of drug-likeness (QED) is 0.514. The summed E-state index contributed by atoms with van der Waals surface area (Å²) >= 11 is 4.61. The van der Waals surface area contributed by atoms with E-state index in [1.165, 1.54) is 30.5 Å². The fourth-order valence-electron chi connectivity index (χ4n) is 1.70. The molecule has 116 valence electrons. The number of halogens is 3. The highest BCUT2D eigenvalue weighted by molar-refractivity contribution is 7.80. The van der Waals surface area contributed by atoms with Crippen LogP contribution in [-0.2, 0) is 0 Å². The number of hydrogen-bond acceptors (Lipinski definition) is 3. The van der Waals surface area contributed by atoms with Gasteiger partial charge in [-0.2, -0.15) is 5.10 Å². The fourth-order valence-corrected chi connectivity index (χ4v) is 1.76. The van der Waals surface area contributed by atoms with Crippen molar-refractivity contribution in [2.45, 2.75) is 6.36 Å². The number of nitrogens with two attached hydrogens (primary N) is 1. The van der Waals surface area contributed by atoms with Crippen LogP contribution in [0.15, 0.2) is 47.7 Å². The van der Waals surface area contributed by atoms with E-state index < -0.39 is 6.36 Å². The number of nitrogens with zero attached hydrogens (tertiary/aromatic N) is 2. The molecule has 0 bridgehead atoms. The number of nitrogens with one attached hydrogen (secondary N) is 1. The Balaban J connectivity index is 2.17. The molecule has 0 fully saturated rings. The maximum atomic E-state index is 12.1. The first-order valence-electron chi connectivity index (χ1n) is 5.97. The number of ether oxygens (including phenoxy) is 1. The Kier molecular flexibility index (Phi) is 4.66. The van der Waals surface area contributed by atoms with E-state index in [0.717, 1.165) is 0 Å². The van der Waals surface area contributed by atoms with Crippen molar-refractivity contribution in [1.82, 2.24) is 9.99 Å². The zero-order valence-electron chi connectivity index (χ0n) is 11.0. The first-order valence-corrected chi connectivity index (χ1v) is 6.38. The summed E-state index contributed by atoms with van der Waals surface area (Å²) in [4.78, 5) is 0. The molecule has 9 heteroatoms. The standard InChI is InChI=1S/C13H11F3N4OS/c14-13(15,16)21-11-5-3-9(4-6-11)20-7-1-2-10(20)8-18-19-12(17)22/h1-8H,(H3,17,19,22). The predicted octanol–water partition coefficient (Wildman–Crippen LogP) is 2.54. The van der Waals surface area contributed by atoms with Gasteiger partial charge in [-0.05, 0) is 48.6 Å². The number of hydrogen-bond donors (Lipinski definition) is 2. The largest absolute Gasteiger partial charge is 0.573 e. The average Bonchev–Trinajstić information content (AvgIpc) is 2.86. The lowest BCUT2D eigenvalue weighted by Gasteiger charge is -2.10. The van der Waals surface area contributed by atoms with Crippen LogP contribution >= 0.6 is 12.2 Å². The van der Waals surface area contributed by atoms with Crippen molar-refractivity contribution in [3.05, 3.63) is 48.3 Å². The van der Waals surface area contributed by atoms with Crippen molar-refractivity contribution in [3.63, 3.8) is 0 Å². The van der Waals surface area contributed by atoms with Gasteiger partial charge in [0.25, 0.3) is 0 Å². The van der Waals surface area contributed by atoms with Crippen molar-refractivity contribution in [2.75, 3.05) is 0 Å². The first-order chi connectivity index (χ1) is 10.3. The zero-order valence-corrected chi connectivity index (χ0v) is 11.9. The summed E-state index contributed by atoms with van der Waals surface area (Å²) in [5.74, 6) is -0.284. The van der Waals surface area contributed by atoms with E-state index >= 15 is 0 Å². The fraction of sp³-hybridized carbons (Fsp3) is 0.0769. The lowest BCUT2D eigenvalue weighted by atomic mass is 10.3. The predicted molar refractivity (Wildman–Crippen MR) is 80.0 cm³/mol. The van der Waals surface area contributed by atoms with E-state index in [2.05, 4.69) is 27.5 Å². The number of hydrazone groups is 1. The molecule has 0 unspecified atom stereocenters. The Hall–Kier alpha value is -2.55. The van der Waals surface area contributed by atoms with Gasteiger partial charge in [-0.1, -0.05) is 0 Å². The summed E-state index contributed by atoms with van der Waals surface area (Å²) in [5.41, 5.74) is 9.00. The summed E-state index contributed by atoms with van der Waals surface area (Å²) in [5, 5.41) is 3.86. The number of rotatable bonds is 4. The lowest BCUT2D eigenvalue weighted by molar-refractivity contribution is -0.274. The Bertz CT molecular complexity index is 679. The van der Waals surface area contributed by atoms with Crippen molar-refractivity contribution in [1.29, 1.82) is 0 Å². The number of benzene rings is 1. The van der Waals surface area contributed by atoms with Gasteiger partial charge in [-0.3, -0.25) is 5.43 Å². The molecule has 1 aromatic heterocycles. The van der Waals surface area contributed by atoms with Crippen LogP contribution in [0.1, 0.15) is 5.69 Å². The summed E-state index contributed by atoms with van der Waals surface area (Å²) < 4.78 is 41.9. The smallest absolute Gasteiger partial charge is 0.406 e. The molecule has 2 rings (SSSR count). The molecule has 0 radical (unpaired) electrons. The van der Waals surface area contributed by atoms with Crippen LogP contribution in [0.5, 0.6) is 5.75 Å². The third-order valence-corrected chi connectivity index (χ3v) is 2.59. The molecule has 22 heavy (non-hydrogen) atoms. The number of alkyl halides is 3. The van der Waals surface area contributed by atoms with E-state index in [4.69, 9.17) is 5.73 Å². The molecule has 0 spiro atoms. The molecule has 0 aliphatic carbocycles. The maximum Gasteiger partial charge on any atom is 0.573 e. The minimum absolute atomic E-state index is 0.0306. The molecule has 0 aliphatic rings. The van der Waals surface area contributed by atoms with Crippen LogP contribution < -0.4 is 15.9 Å². The highest BCUT2D eigenvalue weighted by Gasteiger charge is 2.30. The van der Waals surface area contributed by atoms with Crippen LogP contribution in [0.25, 0.3) is 5.69 Å². The minimum atomic E-state index is -4.71. The summed E-state index contributed by atoms with van der Waals surface area (Å²) in [6.07, 6.45) is -1.49. The average molecular weight is 328 g/mol. The van der Waals surface area contributed by atoms with Gasteiger partial charge in [0.15, 0.2) is 5.11 Å². The van der Waals surface area contributed by atoms with Gasteiger partial charge in [0.05, 0.1) is 11.9 Å². The summed E-state index contributed by atoms with van der Waals surface area (Å²) in [6.45, 7) is 0. The van der Waals surface area contributed by atoms with Crippen LogP contribution in [0.3, 0.4) is 0 Å². The van der Waals surface area contributed by atoms with Crippen LogP contribution in [0, 0.1) is 0 Å². The van der Waals surface area contributed by atoms with Crippen molar-refractivity contribution in [3.8, 4) is 11.4 Å². The number of aromatic nitrogens is 1. The Morgan fingerprint density at radius 3 is 2.55 bits per heavy atom. The molecular weight excluding hydrogens is 317 g/mol. The molecule has 1 heterocycles. The molecule has 0 saturated carbocycles. The van der Waals surface area contributed by atoms with Gasteiger partial charge in [0.1, 0.15) is 5.75 Å².